The van der Waals surface area contributed by atoms with Gasteiger partial charge in [-0.15, -0.1) is 0 Å². The maximum absolute atomic E-state index is 12.7. The first-order valence-electron chi connectivity index (χ1n) is 10.6. The summed E-state index contributed by atoms with van der Waals surface area (Å²) in [5.74, 6) is -0.0794. The van der Waals surface area contributed by atoms with Gasteiger partial charge in [0.15, 0.2) is 0 Å². The van der Waals surface area contributed by atoms with Gasteiger partial charge in [-0.3, -0.25) is 30.1 Å². The average molecular weight is 500 g/mol. The van der Waals surface area contributed by atoms with Crippen LogP contribution in [0.2, 0.25) is 0 Å². The first-order chi connectivity index (χ1) is 16.4. The highest BCUT2D eigenvalue weighted by Crippen LogP contribution is 2.33. The number of hydrazine groups is 1. The maximum Gasteiger partial charge on any atom is 0.269 e. The zero-order chi connectivity index (χ0) is 24.5. The molecule has 1 aliphatic heterocycles. The number of benzene rings is 2. The number of methoxy groups -OCH3 is 1. The van der Waals surface area contributed by atoms with Crippen molar-refractivity contribution in [2.75, 3.05) is 13.7 Å². The number of nitrogens with one attached hydrogen (secondary N) is 2. The Bertz CT molecular complexity index is 1080. The van der Waals surface area contributed by atoms with E-state index >= 15 is 0 Å². The van der Waals surface area contributed by atoms with Crippen LogP contribution < -0.4 is 15.6 Å². The van der Waals surface area contributed by atoms with E-state index in [9.17, 15) is 19.5 Å². The molecule has 0 aliphatic carbocycles. The van der Waals surface area contributed by atoms with Crippen LogP contribution in [0.4, 0.5) is 0 Å². The van der Waals surface area contributed by atoms with Crippen LogP contribution in [0.5, 0.6) is 11.5 Å². The topological polar surface area (TPSA) is 108 Å². The zero-order valence-electron chi connectivity index (χ0n) is 18.6. The van der Waals surface area contributed by atoms with Crippen molar-refractivity contribution in [3.05, 3.63) is 64.6 Å². The van der Waals surface area contributed by atoms with E-state index in [4.69, 9.17) is 17.0 Å². The van der Waals surface area contributed by atoms with E-state index in [0.717, 1.165) is 17.7 Å². The van der Waals surface area contributed by atoms with Gasteiger partial charge in [0.2, 0.25) is 5.91 Å². The summed E-state index contributed by atoms with van der Waals surface area (Å²) in [7, 11) is 1.60. The molecule has 0 unspecified atom stereocenters. The van der Waals surface area contributed by atoms with E-state index in [0.29, 0.717) is 34.2 Å². The molecule has 2 aromatic rings. The molecule has 3 amide bonds. The zero-order valence-corrected chi connectivity index (χ0v) is 20.2. The largest absolute Gasteiger partial charge is 0.508 e. The molecule has 1 fully saturated rings. The maximum atomic E-state index is 12.7. The van der Waals surface area contributed by atoms with E-state index in [1.807, 2.05) is 30.3 Å². The average Bonchev–Trinajstić information content (AvgIpc) is 3.10. The van der Waals surface area contributed by atoms with E-state index in [2.05, 4.69) is 10.9 Å². The van der Waals surface area contributed by atoms with Crippen LogP contribution in [0.3, 0.4) is 0 Å². The van der Waals surface area contributed by atoms with Crippen LogP contribution in [-0.4, -0.2) is 45.7 Å². The lowest BCUT2D eigenvalue weighted by molar-refractivity contribution is -0.123. The van der Waals surface area contributed by atoms with Crippen LogP contribution >= 0.6 is 24.0 Å². The van der Waals surface area contributed by atoms with Gasteiger partial charge in [0.25, 0.3) is 11.8 Å². The Morgan fingerprint density at radius 1 is 1.06 bits per heavy atom. The van der Waals surface area contributed by atoms with Crippen molar-refractivity contribution in [3.8, 4) is 11.5 Å². The molecular weight excluding hydrogens is 474 g/mol. The smallest absolute Gasteiger partial charge is 0.269 e. The van der Waals surface area contributed by atoms with Crippen molar-refractivity contribution < 1.29 is 24.2 Å². The first kappa shape index (κ1) is 25.3. The number of unbranched alkanes of at least 4 members (excludes halogenated alkanes) is 2. The first-order valence-corrected chi connectivity index (χ1v) is 11.9. The molecule has 178 valence electrons. The highest BCUT2D eigenvalue weighted by molar-refractivity contribution is 8.26. The second-order valence-corrected chi connectivity index (χ2v) is 9.14. The minimum absolute atomic E-state index is 0.0556. The van der Waals surface area contributed by atoms with Crippen molar-refractivity contribution in [3.63, 3.8) is 0 Å². The van der Waals surface area contributed by atoms with Gasteiger partial charge in [-0.25, -0.2) is 0 Å². The number of aromatic hydroxyl groups is 1. The molecule has 0 saturated carbocycles. The molecule has 1 saturated heterocycles. The van der Waals surface area contributed by atoms with Gasteiger partial charge in [0, 0.05) is 18.5 Å². The Kier molecular flexibility index (Phi) is 9.06. The van der Waals surface area contributed by atoms with Crippen molar-refractivity contribution in [2.45, 2.75) is 25.7 Å². The van der Waals surface area contributed by atoms with Gasteiger partial charge in [-0.05, 0) is 60.9 Å². The van der Waals surface area contributed by atoms with Crippen molar-refractivity contribution in [2.24, 2.45) is 0 Å². The summed E-state index contributed by atoms with van der Waals surface area (Å²) >= 11 is 6.65. The Morgan fingerprint density at radius 3 is 2.44 bits per heavy atom. The number of hydrogen-bond acceptors (Lipinski definition) is 7. The molecule has 8 nitrogen and oxygen atoms in total. The molecule has 2 aromatic carbocycles. The number of carbonyl (C=O) groups excluding carboxylic acids is 3. The fourth-order valence-electron chi connectivity index (χ4n) is 3.15. The molecule has 1 aliphatic rings. The summed E-state index contributed by atoms with van der Waals surface area (Å²) in [6, 6.07) is 13.1. The molecule has 0 radical (unpaired) electrons. The van der Waals surface area contributed by atoms with Crippen LogP contribution in [0.1, 0.15) is 41.6 Å². The number of hydrogen-bond donors (Lipinski definition) is 3. The Balaban J connectivity index is 1.36. The number of rotatable bonds is 9. The molecule has 3 rings (SSSR count). The minimum Gasteiger partial charge on any atom is -0.508 e. The van der Waals surface area contributed by atoms with E-state index in [1.165, 1.54) is 36.0 Å². The molecule has 0 atom stereocenters. The Hall–Kier alpha value is -3.37. The van der Waals surface area contributed by atoms with Crippen LogP contribution in [0, 0.1) is 0 Å². The standard InChI is InChI=1S/C24H25N3O5S2/c1-32-19-12-6-16(7-13-19)15-20-23(31)27(24(33)34-20)14-4-2-3-5-21(29)25-26-22(30)17-8-10-18(28)11-9-17/h6-13,15,28H,2-5,14H2,1H3,(H,25,29)(H,26,30)/b20-15-. The third kappa shape index (κ3) is 7.06. The van der Waals surface area contributed by atoms with Gasteiger partial charge >= 0.3 is 0 Å². The third-order valence-corrected chi connectivity index (χ3v) is 6.40. The van der Waals surface area contributed by atoms with E-state index < -0.39 is 5.91 Å². The van der Waals surface area contributed by atoms with Crippen LogP contribution in [0.25, 0.3) is 6.08 Å². The summed E-state index contributed by atoms with van der Waals surface area (Å²) < 4.78 is 5.67. The van der Waals surface area contributed by atoms with Crippen molar-refractivity contribution in [1.82, 2.24) is 15.8 Å². The van der Waals surface area contributed by atoms with Gasteiger partial charge in [-0.1, -0.05) is 42.5 Å². The predicted octanol–water partition coefficient (Wildman–Crippen LogP) is 3.62. The minimum atomic E-state index is -0.467. The molecule has 0 spiro atoms. The lowest BCUT2D eigenvalue weighted by Gasteiger charge is -2.14. The number of thioether (sulfide) groups is 1. The quantitative estimate of drug-likeness (QED) is 0.209. The third-order valence-electron chi connectivity index (χ3n) is 5.02. The molecule has 1 heterocycles. The normalized spacial score (nSPS) is 14.4. The summed E-state index contributed by atoms with van der Waals surface area (Å²) in [6.45, 7) is 0.490. The molecular formula is C24H25N3O5S2. The fraction of sp³-hybridized carbons (Fsp3) is 0.250. The lowest BCUT2D eigenvalue weighted by Crippen LogP contribution is -2.41. The van der Waals surface area contributed by atoms with E-state index in [1.54, 1.807) is 12.0 Å². The highest BCUT2D eigenvalue weighted by atomic mass is 32.2. The van der Waals surface area contributed by atoms with Crippen LogP contribution in [0.15, 0.2) is 53.4 Å². The fourth-order valence-corrected chi connectivity index (χ4v) is 4.46. The number of phenols is 1. The number of ether oxygens (including phenoxy) is 1. The number of phenolic OH excluding ortho intramolecular Hbond substituents is 1. The van der Waals surface area contributed by atoms with Gasteiger partial charge in [-0.2, -0.15) is 0 Å². The molecule has 3 N–H and O–H groups in total. The summed E-state index contributed by atoms with van der Waals surface area (Å²) in [6.07, 6.45) is 4.10. The van der Waals surface area contributed by atoms with Crippen LogP contribution in [-0.2, 0) is 9.59 Å². The SMILES string of the molecule is COc1ccc(/C=C2\SC(=S)N(CCCCCC(=O)NNC(=O)c3ccc(O)cc3)C2=O)cc1. The Labute approximate surface area is 207 Å². The number of thiocarbonyl (C=S) groups is 1. The summed E-state index contributed by atoms with van der Waals surface area (Å²) in [4.78, 5) is 38.8. The molecule has 10 heteroatoms. The van der Waals surface area contributed by atoms with E-state index in [-0.39, 0.29) is 24.0 Å². The lowest BCUT2D eigenvalue weighted by atomic mass is 10.1. The number of carbonyl (C=O) groups is 3. The number of nitrogens with zero attached hydrogens (tertiary/aromatic N) is 1. The Morgan fingerprint density at radius 2 is 1.76 bits per heavy atom. The molecule has 0 bridgehead atoms. The second kappa shape index (κ2) is 12.2. The van der Waals surface area contributed by atoms with Gasteiger partial charge in [0.1, 0.15) is 15.8 Å². The number of amides is 3. The van der Waals surface area contributed by atoms with Crippen molar-refractivity contribution in [1.29, 1.82) is 0 Å². The second-order valence-electron chi connectivity index (χ2n) is 7.47. The molecule has 34 heavy (non-hydrogen) atoms. The summed E-state index contributed by atoms with van der Waals surface area (Å²) in [5, 5.41) is 9.25. The molecule has 0 aromatic heterocycles. The monoisotopic (exact) mass is 499 g/mol. The summed E-state index contributed by atoms with van der Waals surface area (Å²) in [5.41, 5.74) is 5.93. The van der Waals surface area contributed by atoms with Gasteiger partial charge < -0.3 is 9.84 Å². The predicted molar refractivity (Wildman–Crippen MR) is 135 cm³/mol. The van der Waals surface area contributed by atoms with Gasteiger partial charge in [0.05, 0.1) is 12.0 Å². The highest BCUT2D eigenvalue weighted by Gasteiger charge is 2.31. The van der Waals surface area contributed by atoms with Crippen molar-refractivity contribution >= 4 is 52.1 Å².